The third-order valence-electron chi connectivity index (χ3n) is 2.31. The Morgan fingerprint density at radius 3 is 1.47 bits per heavy atom. The van der Waals surface area contributed by atoms with Gasteiger partial charge in [0.1, 0.15) is 0 Å². The van der Waals surface area contributed by atoms with Crippen molar-refractivity contribution in [3.05, 3.63) is 82.6 Å². The summed E-state index contributed by atoms with van der Waals surface area (Å²) in [5.41, 5.74) is 2.34. The average Bonchev–Trinajstić information content (AvgIpc) is 2.48. The van der Waals surface area contributed by atoms with Gasteiger partial charge in [-0.2, -0.15) is 0 Å². The van der Waals surface area contributed by atoms with Crippen molar-refractivity contribution < 1.29 is 3.63 Å². The zero-order valence-corrected chi connectivity index (χ0v) is 11.9. The first-order valence-corrected chi connectivity index (χ1v) is 7.48. The van der Waals surface area contributed by atoms with Crippen LogP contribution in [0.4, 0.5) is 0 Å². The number of benzene rings is 2. The van der Waals surface area contributed by atoms with Crippen LogP contribution in [0.25, 0.3) is 12.2 Å². The minimum atomic E-state index is 1.17. The Morgan fingerprint density at radius 1 is 0.632 bits per heavy atom. The summed E-state index contributed by atoms with van der Waals surface area (Å²) in [7, 11) is 0. The Hall–Kier alpha value is -1.42. The first kappa shape index (κ1) is 14.0. The van der Waals surface area contributed by atoms with Crippen LogP contribution in [0.1, 0.15) is 11.1 Å². The van der Waals surface area contributed by atoms with E-state index >= 15 is 0 Å². The topological polar surface area (TPSA) is 9.23 Å². The molecule has 0 N–H and O–H groups in total. The van der Waals surface area contributed by atoms with E-state index in [4.69, 9.17) is 3.63 Å². The van der Waals surface area contributed by atoms with Crippen LogP contribution in [0.2, 0.25) is 0 Å². The van der Waals surface area contributed by atoms with E-state index in [1.165, 1.54) is 35.2 Å². The molecule has 0 saturated carbocycles. The fraction of sp³-hybridized carbons (Fsp3) is 0. The molecule has 2 aromatic rings. The average molecular weight is 286 g/mol. The lowest BCUT2D eigenvalue weighted by Gasteiger charge is -1.93. The molecule has 0 aliphatic heterocycles. The standard InChI is InChI=1S/C16H14OS2/c1-3-7-15(8-4-1)11-13-18-17-19-14-12-16-9-5-2-6-10-16/h1-14H. The van der Waals surface area contributed by atoms with E-state index in [0.717, 1.165) is 0 Å². The van der Waals surface area contributed by atoms with Crippen molar-refractivity contribution in [2.45, 2.75) is 0 Å². The Morgan fingerprint density at radius 2 is 1.05 bits per heavy atom. The van der Waals surface area contributed by atoms with E-state index in [9.17, 15) is 0 Å². The van der Waals surface area contributed by atoms with Crippen LogP contribution in [0.5, 0.6) is 0 Å². The molecule has 0 aliphatic carbocycles. The van der Waals surface area contributed by atoms with Gasteiger partial charge < -0.3 is 0 Å². The van der Waals surface area contributed by atoms with Crippen LogP contribution in [0.3, 0.4) is 0 Å². The molecule has 0 atom stereocenters. The summed E-state index contributed by atoms with van der Waals surface area (Å²) in [4.78, 5) is 0. The normalized spacial score (nSPS) is 11.4. The predicted molar refractivity (Wildman–Crippen MR) is 87.2 cm³/mol. The molecule has 19 heavy (non-hydrogen) atoms. The second-order valence-corrected chi connectivity index (χ2v) is 5.16. The van der Waals surface area contributed by atoms with Crippen molar-refractivity contribution in [1.82, 2.24) is 0 Å². The van der Waals surface area contributed by atoms with Crippen LogP contribution in [-0.2, 0) is 3.63 Å². The molecular weight excluding hydrogens is 272 g/mol. The summed E-state index contributed by atoms with van der Waals surface area (Å²) >= 11 is 2.63. The second kappa shape index (κ2) is 8.64. The lowest BCUT2D eigenvalue weighted by atomic mass is 10.2. The van der Waals surface area contributed by atoms with Crippen molar-refractivity contribution in [2.24, 2.45) is 0 Å². The number of hydrogen-bond acceptors (Lipinski definition) is 3. The van der Waals surface area contributed by atoms with Gasteiger partial charge in [-0.05, 0) is 23.3 Å². The first-order valence-electron chi connectivity index (χ1n) is 5.87. The van der Waals surface area contributed by atoms with Gasteiger partial charge in [0.05, 0.1) is 0 Å². The Balaban J connectivity index is 1.65. The van der Waals surface area contributed by atoms with E-state index in [2.05, 4.69) is 24.3 Å². The smallest absolute Gasteiger partial charge is 0.0367 e. The number of rotatable bonds is 6. The maximum Gasteiger partial charge on any atom is 0.0367 e. The first-order chi connectivity index (χ1) is 9.45. The molecular formula is C16H14OS2. The highest BCUT2D eigenvalue weighted by atomic mass is 32.2. The summed E-state index contributed by atoms with van der Waals surface area (Å²) in [6, 6.07) is 20.3. The van der Waals surface area contributed by atoms with Gasteiger partial charge in [0.15, 0.2) is 0 Å². The molecule has 0 radical (unpaired) electrons. The molecule has 0 spiro atoms. The minimum absolute atomic E-state index is 1.17. The zero-order valence-electron chi connectivity index (χ0n) is 10.3. The van der Waals surface area contributed by atoms with Gasteiger partial charge in [0.2, 0.25) is 0 Å². The fourth-order valence-corrected chi connectivity index (χ4v) is 2.38. The van der Waals surface area contributed by atoms with E-state index < -0.39 is 0 Å². The van der Waals surface area contributed by atoms with Gasteiger partial charge in [0.25, 0.3) is 0 Å². The quantitative estimate of drug-likeness (QED) is 0.502. The molecule has 0 unspecified atom stereocenters. The van der Waals surface area contributed by atoms with Crippen LogP contribution < -0.4 is 0 Å². The third kappa shape index (κ3) is 5.83. The Kier molecular flexibility index (Phi) is 6.37. The van der Waals surface area contributed by atoms with Gasteiger partial charge in [-0.15, -0.1) is 0 Å². The van der Waals surface area contributed by atoms with E-state index in [-0.39, 0.29) is 0 Å². The van der Waals surface area contributed by atoms with E-state index in [1.807, 2.05) is 59.4 Å². The molecule has 2 aromatic carbocycles. The Bertz CT molecular complexity index is 471. The number of hydrogen-bond donors (Lipinski definition) is 0. The summed E-state index contributed by atoms with van der Waals surface area (Å²) in [5, 5.41) is 3.86. The highest BCUT2D eigenvalue weighted by Gasteiger charge is 1.86. The second-order valence-electron chi connectivity index (χ2n) is 3.69. The maximum absolute atomic E-state index is 5.34. The van der Waals surface area contributed by atoms with E-state index in [1.54, 1.807) is 0 Å². The van der Waals surface area contributed by atoms with Gasteiger partial charge in [-0.3, -0.25) is 0 Å². The molecule has 0 bridgehead atoms. The monoisotopic (exact) mass is 286 g/mol. The fourth-order valence-electron chi connectivity index (χ4n) is 1.41. The van der Waals surface area contributed by atoms with Crippen molar-refractivity contribution in [1.29, 1.82) is 0 Å². The van der Waals surface area contributed by atoms with Crippen molar-refractivity contribution in [3.63, 3.8) is 0 Å². The van der Waals surface area contributed by atoms with Gasteiger partial charge in [0, 0.05) is 34.9 Å². The molecule has 2 rings (SSSR count). The van der Waals surface area contributed by atoms with Crippen LogP contribution in [0.15, 0.2) is 71.5 Å². The highest BCUT2D eigenvalue weighted by molar-refractivity contribution is 8.10. The largest absolute Gasteiger partial charge is 0.238 e. The maximum atomic E-state index is 5.34. The third-order valence-corrected chi connectivity index (χ3v) is 3.43. The SMILES string of the molecule is C(=Cc1ccccc1)SOSC=Cc1ccccc1. The molecule has 0 fully saturated rings. The van der Waals surface area contributed by atoms with Crippen LogP contribution >= 0.6 is 24.1 Å². The van der Waals surface area contributed by atoms with Crippen molar-refractivity contribution in [2.75, 3.05) is 0 Å². The van der Waals surface area contributed by atoms with Crippen molar-refractivity contribution >= 4 is 36.2 Å². The van der Waals surface area contributed by atoms with Gasteiger partial charge in [-0.1, -0.05) is 60.7 Å². The summed E-state index contributed by atoms with van der Waals surface area (Å²) in [6.07, 6.45) is 4.04. The molecule has 0 heterocycles. The Labute approximate surface area is 122 Å². The lowest BCUT2D eigenvalue weighted by molar-refractivity contribution is 0.774. The van der Waals surface area contributed by atoms with Crippen LogP contribution in [-0.4, -0.2) is 0 Å². The van der Waals surface area contributed by atoms with Gasteiger partial charge in [-0.25, -0.2) is 3.63 Å². The molecule has 0 saturated heterocycles. The highest BCUT2D eigenvalue weighted by Crippen LogP contribution is 2.19. The van der Waals surface area contributed by atoms with Gasteiger partial charge >= 0.3 is 0 Å². The van der Waals surface area contributed by atoms with E-state index in [0.29, 0.717) is 0 Å². The molecule has 96 valence electrons. The summed E-state index contributed by atoms with van der Waals surface area (Å²) in [5.74, 6) is 0. The molecule has 3 heteroatoms. The van der Waals surface area contributed by atoms with Crippen molar-refractivity contribution in [3.8, 4) is 0 Å². The molecule has 0 amide bonds. The lowest BCUT2D eigenvalue weighted by Crippen LogP contribution is -1.67. The predicted octanol–water partition coefficient (Wildman–Crippen LogP) is 5.64. The minimum Gasteiger partial charge on any atom is -0.238 e. The molecule has 0 aliphatic rings. The summed E-state index contributed by atoms with van der Waals surface area (Å²) < 4.78 is 5.34. The molecule has 1 nitrogen and oxygen atoms in total. The van der Waals surface area contributed by atoms with Crippen LogP contribution in [0, 0.1) is 0 Å². The zero-order chi connectivity index (χ0) is 13.2. The summed E-state index contributed by atoms with van der Waals surface area (Å²) in [6.45, 7) is 0. The molecule has 0 aromatic heterocycles.